The Bertz CT molecular complexity index is 394. The lowest BCUT2D eigenvalue weighted by Crippen LogP contribution is -1.91. The minimum absolute atomic E-state index is 0.975. The van der Waals surface area contributed by atoms with Crippen molar-refractivity contribution in [1.29, 1.82) is 0 Å². The lowest BCUT2D eigenvalue weighted by Gasteiger charge is -2.07. The lowest BCUT2D eigenvalue weighted by atomic mass is 10.7. The highest BCUT2D eigenvalue weighted by Gasteiger charge is 2.25. The average Bonchev–Trinajstić information content (AvgIpc) is 2.89. The molecule has 0 bridgehead atoms. The summed E-state index contributed by atoms with van der Waals surface area (Å²) in [6, 6.07) is 0. The summed E-state index contributed by atoms with van der Waals surface area (Å²) in [4.78, 5) is 2.44. The SMILES string of the molecule is CSC(=S)/C(SC)=C1/SS/C(=C(\SC)C(=S)SC)S1. The van der Waals surface area contributed by atoms with Gasteiger partial charge in [0, 0.05) is 0 Å². The zero-order valence-electron chi connectivity index (χ0n) is 10.7. The van der Waals surface area contributed by atoms with E-state index in [1.807, 2.05) is 12.5 Å². The van der Waals surface area contributed by atoms with Crippen LogP contribution in [-0.2, 0) is 0 Å². The van der Waals surface area contributed by atoms with Crippen molar-refractivity contribution in [2.24, 2.45) is 0 Å². The molecule has 1 aliphatic heterocycles. The second kappa shape index (κ2) is 9.99. The van der Waals surface area contributed by atoms with Crippen molar-refractivity contribution in [3.05, 3.63) is 18.3 Å². The van der Waals surface area contributed by atoms with Crippen LogP contribution in [0.15, 0.2) is 18.3 Å². The standard InChI is InChI=1S/C10H12S9/c1-13-5(7(11)15-3)9-17-10(19-18-9)6(14-2)8(12)16-4/h1-4H3/b9-5-,10-6-. The van der Waals surface area contributed by atoms with Crippen LogP contribution in [0.25, 0.3) is 0 Å². The second-order valence-corrected chi connectivity index (χ2v) is 11.2. The third kappa shape index (κ3) is 5.35. The molecule has 1 saturated heterocycles. The van der Waals surface area contributed by atoms with E-state index in [9.17, 15) is 0 Å². The molecule has 9 heteroatoms. The van der Waals surface area contributed by atoms with Crippen molar-refractivity contribution in [3.63, 3.8) is 0 Å². The van der Waals surface area contributed by atoms with Crippen molar-refractivity contribution in [2.45, 2.75) is 0 Å². The smallest absolute Gasteiger partial charge is 0.0856 e. The second-order valence-electron chi connectivity index (χ2n) is 2.89. The molecule has 0 nitrogen and oxygen atoms in total. The first-order chi connectivity index (χ1) is 9.08. The summed E-state index contributed by atoms with van der Waals surface area (Å²) in [6.45, 7) is 0. The van der Waals surface area contributed by atoms with Gasteiger partial charge in [-0.1, -0.05) is 36.2 Å². The van der Waals surface area contributed by atoms with Crippen molar-refractivity contribution >= 4 is 113 Å². The van der Waals surface area contributed by atoms with Gasteiger partial charge in [0.25, 0.3) is 0 Å². The van der Waals surface area contributed by atoms with Gasteiger partial charge in [0.2, 0.25) is 0 Å². The van der Waals surface area contributed by atoms with Crippen LogP contribution in [0.2, 0.25) is 0 Å². The lowest BCUT2D eigenvalue weighted by molar-refractivity contribution is 2.20. The first-order valence-corrected chi connectivity index (χ1v) is 13.5. The summed E-state index contributed by atoms with van der Waals surface area (Å²) in [5.74, 6) is 0. The summed E-state index contributed by atoms with van der Waals surface area (Å²) < 4.78 is 4.54. The Kier molecular flexibility index (Phi) is 10.1. The van der Waals surface area contributed by atoms with Crippen molar-refractivity contribution in [3.8, 4) is 0 Å². The molecule has 0 unspecified atom stereocenters. The molecule has 0 saturated carbocycles. The molecule has 0 aromatic rings. The third-order valence-electron chi connectivity index (χ3n) is 1.90. The molecule has 19 heavy (non-hydrogen) atoms. The Hall–Kier alpha value is 2.11. The average molecular weight is 421 g/mol. The predicted octanol–water partition coefficient (Wildman–Crippen LogP) is 6.56. The van der Waals surface area contributed by atoms with E-state index in [0.29, 0.717) is 0 Å². The quantitative estimate of drug-likeness (QED) is 0.279. The van der Waals surface area contributed by atoms with Crippen LogP contribution in [0, 0.1) is 0 Å². The minimum atomic E-state index is 0.975. The Labute approximate surface area is 155 Å². The van der Waals surface area contributed by atoms with E-state index in [2.05, 4.69) is 12.5 Å². The molecule has 106 valence electrons. The predicted molar refractivity (Wildman–Crippen MR) is 116 cm³/mol. The molecule has 1 heterocycles. The van der Waals surface area contributed by atoms with E-state index in [0.717, 1.165) is 8.39 Å². The Morgan fingerprint density at radius 1 is 0.737 bits per heavy atom. The van der Waals surface area contributed by atoms with Crippen LogP contribution >= 0.6 is 105 Å². The zero-order chi connectivity index (χ0) is 14.4. The van der Waals surface area contributed by atoms with Gasteiger partial charge in [0.1, 0.15) is 0 Å². The van der Waals surface area contributed by atoms with Crippen LogP contribution in [0.1, 0.15) is 0 Å². The molecular weight excluding hydrogens is 409 g/mol. The zero-order valence-corrected chi connectivity index (χ0v) is 18.0. The number of hydrogen-bond donors (Lipinski definition) is 0. The summed E-state index contributed by atoms with van der Waals surface area (Å²) in [5.41, 5.74) is 0. The fraction of sp³-hybridized carbons (Fsp3) is 0.400. The van der Waals surface area contributed by atoms with Gasteiger partial charge in [-0.15, -0.1) is 47.0 Å². The maximum Gasteiger partial charge on any atom is 0.0856 e. The highest BCUT2D eigenvalue weighted by molar-refractivity contribution is 8.87. The molecule has 0 radical (unpaired) electrons. The molecule has 0 amide bonds. The number of hydrogen-bond acceptors (Lipinski definition) is 9. The van der Waals surface area contributed by atoms with E-state index in [1.54, 1.807) is 80.4 Å². The maximum absolute atomic E-state index is 5.42. The van der Waals surface area contributed by atoms with Crippen molar-refractivity contribution in [1.82, 2.24) is 0 Å². The van der Waals surface area contributed by atoms with E-state index >= 15 is 0 Å². The van der Waals surface area contributed by atoms with Crippen molar-refractivity contribution < 1.29 is 0 Å². The van der Waals surface area contributed by atoms with Gasteiger partial charge >= 0.3 is 0 Å². The number of thioether (sulfide) groups is 5. The van der Waals surface area contributed by atoms with Crippen molar-refractivity contribution in [2.75, 3.05) is 25.0 Å². The molecule has 0 spiro atoms. The molecule has 1 fully saturated rings. The first kappa shape index (κ1) is 19.2. The Morgan fingerprint density at radius 3 is 1.37 bits per heavy atom. The minimum Gasteiger partial charge on any atom is -0.126 e. The van der Waals surface area contributed by atoms with Gasteiger partial charge in [-0.3, -0.25) is 0 Å². The fourth-order valence-corrected chi connectivity index (χ4v) is 10.5. The molecular formula is C10H12S9. The highest BCUT2D eigenvalue weighted by atomic mass is 33.1. The maximum atomic E-state index is 5.42. The summed E-state index contributed by atoms with van der Waals surface area (Å²) >= 11 is 19.4. The van der Waals surface area contributed by atoms with Gasteiger partial charge in [-0.05, 0) is 46.6 Å². The monoisotopic (exact) mass is 420 g/mol. The molecule has 1 rings (SSSR count). The fourth-order valence-electron chi connectivity index (χ4n) is 1.05. The van der Waals surface area contributed by atoms with Crippen LogP contribution in [0.3, 0.4) is 0 Å². The highest BCUT2D eigenvalue weighted by Crippen LogP contribution is 2.61. The topological polar surface area (TPSA) is 0 Å². The van der Waals surface area contributed by atoms with E-state index in [1.165, 1.54) is 18.3 Å². The molecule has 0 aromatic heterocycles. The van der Waals surface area contributed by atoms with E-state index in [-0.39, 0.29) is 0 Å². The van der Waals surface area contributed by atoms with Crippen LogP contribution < -0.4 is 0 Å². The van der Waals surface area contributed by atoms with Gasteiger partial charge in [0.15, 0.2) is 0 Å². The largest absolute Gasteiger partial charge is 0.126 e. The van der Waals surface area contributed by atoms with Gasteiger partial charge in [0.05, 0.1) is 26.7 Å². The molecule has 0 aliphatic carbocycles. The molecule has 1 aliphatic rings. The van der Waals surface area contributed by atoms with Gasteiger partial charge in [-0.25, -0.2) is 0 Å². The molecule has 0 N–H and O–H groups in total. The van der Waals surface area contributed by atoms with Crippen LogP contribution in [0.5, 0.6) is 0 Å². The van der Waals surface area contributed by atoms with Gasteiger partial charge in [-0.2, -0.15) is 0 Å². The van der Waals surface area contributed by atoms with E-state index < -0.39 is 0 Å². The van der Waals surface area contributed by atoms with Crippen LogP contribution in [0.4, 0.5) is 0 Å². The summed E-state index contributed by atoms with van der Waals surface area (Å²) in [7, 11) is 3.59. The van der Waals surface area contributed by atoms with Gasteiger partial charge < -0.3 is 0 Å². The summed E-state index contributed by atoms with van der Waals surface area (Å²) in [6.07, 6.45) is 8.23. The molecule has 0 atom stereocenters. The number of thiocarbonyl (C=S) groups is 2. The number of rotatable bonds is 4. The Morgan fingerprint density at radius 2 is 1.11 bits per heavy atom. The van der Waals surface area contributed by atoms with E-state index in [4.69, 9.17) is 24.4 Å². The third-order valence-corrected chi connectivity index (χ3v) is 11.6. The van der Waals surface area contributed by atoms with Crippen LogP contribution in [-0.4, -0.2) is 33.4 Å². The Balaban J connectivity index is 3.05. The summed E-state index contributed by atoms with van der Waals surface area (Å²) in [5, 5.41) is 0. The normalized spacial score (nSPS) is 20.4. The molecule has 0 aromatic carbocycles. The first-order valence-electron chi connectivity index (χ1n) is 4.84.